The first-order valence-electron chi connectivity index (χ1n) is 6.23. The Labute approximate surface area is 113 Å². The Morgan fingerprint density at radius 2 is 2.16 bits per heavy atom. The zero-order valence-electron chi connectivity index (χ0n) is 11.1. The van der Waals surface area contributed by atoms with Crippen LogP contribution in [-0.4, -0.2) is 16.5 Å². The predicted octanol–water partition coefficient (Wildman–Crippen LogP) is 2.62. The number of nitrogens with one attached hydrogen (secondary N) is 1. The first-order valence-corrected chi connectivity index (χ1v) is 6.23. The topological polar surface area (TPSA) is 61.6 Å². The highest BCUT2D eigenvalue weighted by Gasteiger charge is 2.07. The zero-order valence-corrected chi connectivity index (χ0v) is 11.1. The lowest BCUT2D eigenvalue weighted by atomic mass is 10.1. The summed E-state index contributed by atoms with van der Waals surface area (Å²) in [6, 6.07) is 9.98. The minimum Gasteiger partial charge on any atom is -0.383 e. The maximum Gasteiger partial charge on any atom is 0.103 e. The van der Waals surface area contributed by atoms with Crippen LogP contribution in [0.15, 0.2) is 30.5 Å². The van der Waals surface area contributed by atoms with Crippen LogP contribution in [0.2, 0.25) is 0 Å². The van der Waals surface area contributed by atoms with Crippen LogP contribution >= 0.6 is 0 Å². The van der Waals surface area contributed by atoms with E-state index in [9.17, 15) is 0 Å². The highest BCUT2D eigenvalue weighted by atomic mass is 14.9. The number of aryl methyl sites for hydroxylation is 2. The van der Waals surface area contributed by atoms with Crippen LogP contribution in [-0.2, 0) is 6.42 Å². The van der Waals surface area contributed by atoms with Gasteiger partial charge in [-0.1, -0.05) is 6.07 Å². The Kier molecular flexibility index (Phi) is 4.09. The number of hydrogen-bond acceptors (Lipinski definition) is 4. The molecule has 0 atom stereocenters. The smallest absolute Gasteiger partial charge is 0.103 e. The molecule has 0 radical (unpaired) electrons. The van der Waals surface area contributed by atoms with Gasteiger partial charge in [0, 0.05) is 30.6 Å². The third-order valence-electron chi connectivity index (χ3n) is 2.86. The molecule has 2 aromatic rings. The summed E-state index contributed by atoms with van der Waals surface area (Å²) >= 11 is 0. The van der Waals surface area contributed by atoms with E-state index in [2.05, 4.69) is 21.4 Å². The Balaban J connectivity index is 2.06. The van der Waals surface area contributed by atoms with E-state index < -0.39 is 0 Å². The molecule has 2 heterocycles. The number of anilines is 1. The second kappa shape index (κ2) is 5.96. The van der Waals surface area contributed by atoms with E-state index in [1.807, 2.05) is 38.1 Å². The summed E-state index contributed by atoms with van der Waals surface area (Å²) < 4.78 is 0. The maximum atomic E-state index is 9.16. The van der Waals surface area contributed by atoms with Gasteiger partial charge in [-0.25, -0.2) is 0 Å². The fourth-order valence-corrected chi connectivity index (χ4v) is 1.98. The van der Waals surface area contributed by atoms with Crippen LogP contribution in [0.25, 0.3) is 0 Å². The Morgan fingerprint density at radius 3 is 2.84 bits per heavy atom. The average molecular weight is 252 g/mol. The van der Waals surface area contributed by atoms with Gasteiger partial charge in [-0.2, -0.15) is 5.26 Å². The molecule has 96 valence electrons. The molecule has 2 aromatic heterocycles. The first kappa shape index (κ1) is 13.0. The lowest BCUT2D eigenvalue weighted by molar-refractivity contribution is 0.957. The van der Waals surface area contributed by atoms with E-state index in [0.717, 1.165) is 35.7 Å². The van der Waals surface area contributed by atoms with Gasteiger partial charge in [0.2, 0.25) is 0 Å². The average Bonchev–Trinajstić information content (AvgIpc) is 2.39. The maximum absolute atomic E-state index is 9.16. The summed E-state index contributed by atoms with van der Waals surface area (Å²) in [6.45, 7) is 4.53. The lowest BCUT2D eigenvalue weighted by Gasteiger charge is -2.10. The Bertz CT molecular complexity index is 600. The molecule has 0 bridgehead atoms. The molecule has 0 spiro atoms. The van der Waals surface area contributed by atoms with E-state index in [0.29, 0.717) is 5.56 Å². The highest BCUT2D eigenvalue weighted by Crippen LogP contribution is 2.18. The van der Waals surface area contributed by atoms with Gasteiger partial charge in [0.15, 0.2) is 0 Å². The van der Waals surface area contributed by atoms with Crippen LogP contribution < -0.4 is 5.32 Å². The minimum absolute atomic E-state index is 0.617. The number of nitriles is 1. The second-order valence-corrected chi connectivity index (χ2v) is 4.38. The summed E-state index contributed by atoms with van der Waals surface area (Å²) in [5, 5.41) is 12.5. The highest BCUT2D eigenvalue weighted by molar-refractivity contribution is 5.59. The number of pyridine rings is 2. The molecule has 0 fully saturated rings. The molecule has 0 amide bonds. The number of hydrogen-bond donors (Lipinski definition) is 1. The standard InChI is InChI=1S/C15H16N4/c1-11-9-15(14(10-16)12(2)19-11)18-8-6-13-5-3-4-7-17-13/h3-5,7,9H,6,8H2,1-2H3,(H,18,19). The van der Waals surface area contributed by atoms with Crippen LogP contribution in [0, 0.1) is 25.2 Å². The zero-order chi connectivity index (χ0) is 13.7. The SMILES string of the molecule is Cc1cc(NCCc2ccccn2)c(C#N)c(C)n1. The third kappa shape index (κ3) is 3.29. The van der Waals surface area contributed by atoms with Gasteiger partial charge in [-0.15, -0.1) is 0 Å². The first-order chi connectivity index (χ1) is 9.20. The molecule has 0 aliphatic rings. The van der Waals surface area contributed by atoms with Crippen molar-refractivity contribution >= 4 is 5.69 Å². The lowest BCUT2D eigenvalue weighted by Crippen LogP contribution is -2.08. The van der Waals surface area contributed by atoms with Crippen molar-refractivity contribution in [1.82, 2.24) is 9.97 Å². The van der Waals surface area contributed by atoms with Gasteiger partial charge in [0.05, 0.1) is 16.9 Å². The quantitative estimate of drug-likeness (QED) is 0.908. The molecular weight excluding hydrogens is 236 g/mol. The normalized spacial score (nSPS) is 9.95. The largest absolute Gasteiger partial charge is 0.383 e. The van der Waals surface area contributed by atoms with Crippen molar-refractivity contribution in [2.45, 2.75) is 20.3 Å². The van der Waals surface area contributed by atoms with Crippen molar-refractivity contribution in [3.05, 3.63) is 53.1 Å². The number of aromatic nitrogens is 2. The molecule has 0 saturated carbocycles. The summed E-state index contributed by atoms with van der Waals surface area (Å²) in [5.74, 6) is 0. The van der Waals surface area contributed by atoms with Crippen LogP contribution in [0.5, 0.6) is 0 Å². The molecule has 4 nitrogen and oxygen atoms in total. The fraction of sp³-hybridized carbons (Fsp3) is 0.267. The third-order valence-corrected chi connectivity index (χ3v) is 2.86. The second-order valence-electron chi connectivity index (χ2n) is 4.38. The van der Waals surface area contributed by atoms with Crippen LogP contribution in [0.3, 0.4) is 0 Å². The number of nitrogens with zero attached hydrogens (tertiary/aromatic N) is 3. The summed E-state index contributed by atoms with van der Waals surface area (Å²) in [7, 11) is 0. The van der Waals surface area contributed by atoms with Gasteiger partial charge in [-0.05, 0) is 32.0 Å². The molecule has 4 heteroatoms. The van der Waals surface area contributed by atoms with Crippen LogP contribution in [0.1, 0.15) is 22.6 Å². The Hall–Kier alpha value is -2.41. The fourth-order valence-electron chi connectivity index (χ4n) is 1.98. The molecule has 1 N–H and O–H groups in total. The molecule has 0 aliphatic heterocycles. The van der Waals surface area contributed by atoms with Gasteiger partial charge >= 0.3 is 0 Å². The predicted molar refractivity (Wildman–Crippen MR) is 74.9 cm³/mol. The molecule has 0 aliphatic carbocycles. The van der Waals surface area contributed by atoms with E-state index >= 15 is 0 Å². The van der Waals surface area contributed by atoms with Crippen molar-refractivity contribution < 1.29 is 0 Å². The number of rotatable bonds is 4. The van der Waals surface area contributed by atoms with Crippen molar-refractivity contribution in [2.24, 2.45) is 0 Å². The summed E-state index contributed by atoms with van der Waals surface area (Å²) in [4.78, 5) is 8.57. The van der Waals surface area contributed by atoms with Crippen LogP contribution in [0.4, 0.5) is 5.69 Å². The van der Waals surface area contributed by atoms with Gasteiger partial charge < -0.3 is 5.32 Å². The molecule has 0 saturated heterocycles. The van der Waals surface area contributed by atoms with E-state index in [-0.39, 0.29) is 0 Å². The molecule has 0 unspecified atom stereocenters. The molecule has 2 rings (SSSR count). The van der Waals surface area contributed by atoms with E-state index in [4.69, 9.17) is 5.26 Å². The Morgan fingerprint density at radius 1 is 1.32 bits per heavy atom. The monoisotopic (exact) mass is 252 g/mol. The van der Waals surface area contributed by atoms with E-state index in [1.165, 1.54) is 0 Å². The van der Waals surface area contributed by atoms with Gasteiger partial charge in [-0.3, -0.25) is 9.97 Å². The van der Waals surface area contributed by atoms with Crippen molar-refractivity contribution in [3.8, 4) is 6.07 Å². The minimum atomic E-state index is 0.617. The van der Waals surface area contributed by atoms with Gasteiger partial charge in [0.1, 0.15) is 6.07 Å². The van der Waals surface area contributed by atoms with Crippen molar-refractivity contribution in [3.63, 3.8) is 0 Å². The van der Waals surface area contributed by atoms with E-state index in [1.54, 1.807) is 6.20 Å². The summed E-state index contributed by atoms with van der Waals surface area (Å²) in [5.41, 5.74) is 4.19. The molecule has 19 heavy (non-hydrogen) atoms. The van der Waals surface area contributed by atoms with Crippen molar-refractivity contribution in [1.29, 1.82) is 5.26 Å². The summed E-state index contributed by atoms with van der Waals surface area (Å²) in [6.07, 6.45) is 2.61. The van der Waals surface area contributed by atoms with Crippen molar-refractivity contribution in [2.75, 3.05) is 11.9 Å². The molecular formula is C15H16N4. The van der Waals surface area contributed by atoms with Gasteiger partial charge in [0.25, 0.3) is 0 Å². The molecule has 0 aromatic carbocycles.